The average Bonchev–Trinajstić information content (AvgIpc) is 2.94. The highest BCUT2D eigenvalue weighted by Gasteiger charge is 2.31. The van der Waals surface area contributed by atoms with E-state index in [9.17, 15) is 18.4 Å². The third kappa shape index (κ3) is 8.42. The summed E-state index contributed by atoms with van der Waals surface area (Å²) < 4.78 is 26.9. The second kappa shape index (κ2) is 14.1. The number of thioether (sulfide) groups is 1. The molecule has 1 aliphatic carbocycles. The lowest BCUT2D eigenvalue weighted by Crippen LogP contribution is -2.53. The van der Waals surface area contributed by atoms with Gasteiger partial charge in [0.2, 0.25) is 11.8 Å². The van der Waals surface area contributed by atoms with Crippen LogP contribution in [0.2, 0.25) is 0 Å². The first-order chi connectivity index (χ1) is 18.5. The maximum Gasteiger partial charge on any atom is 0.243 e. The van der Waals surface area contributed by atoms with Crippen molar-refractivity contribution in [2.75, 3.05) is 5.75 Å². The van der Waals surface area contributed by atoms with Crippen LogP contribution in [0.15, 0.2) is 78.9 Å². The lowest BCUT2D eigenvalue weighted by atomic mass is 9.94. The lowest BCUT2D eigenvalue weighted by Gasteiger charge is -2.33. The third-order valence-corrected chi connectivity index (χ3v) is 7.88. The molecular formula is C31H34F2N2O2S. The highest BCUT2D eigenvalue weighted by molar-refractivity contribution is 7.99. The van der Waals surface area contributed by atoms with Gasteiger partial charge in [0.05, 0.1) is 5.75 Å². The Hall–Kier alpha value is -3.19. The van der Waals surface area contributed by atoms with E-state index in [-0.39, 0.29) is 41.8 Å². The Morgan fingerprint density at radius 2 is 1.42 bits per heavy atom. The van der Waals surface area contributed by atoms with Crippen LogP contribution in [0.4, 0.5) is 8.78 Å². The van der Waals surface area contributed by atoms with Crippen LogP contribution in [0.25, 0.3) is 0 Å². The number of amides is 2. The second-order valence-corrected chi connectivity index (χ2v) is 10.8. The van der Waals surface area contributed by atoms with E-state index in [1.807, 2.05) is 30.3 Å². The van der Waals surface area contributed by atoms with Gasteiger partial charge >= 0.3 is 0 Å². The van der Waals surface area contributed by atoms with E-state index in [2.05, 4.69) is 5.32 Å². The number of carbonyl (C=O) groups is 2. The summed E-state index contributed by atoms with van der Waals surface area (Å²) in [6.45, 7) is 0.200. The summed E-state index contributed by atoms with van der Waals surface area (Å²) in [5.41, 5.74) is 2.64. The molecule has 1 atom stereocenters. The normalized spacial score (nSPS) is 14.6. The molecule has 200 valence electrons. The standard InChI is InChI=1S/C31H34F2N2O2S/c32-26-15-11-24(12-16-26)20-35(30(36)22-38-21-25-13-17-27(33)18-14-25)29(19-23-7-3-1-4-8-23)31(37)34-28-9-5-2-6-10-28/h1,3-4,7-8,11-18,28-29H,2,5-6,9-10,19-22H2,(H,34,37). The SMILES string of the molecule is O=C(NC1CCCCC1)C(Cc1ccccc1)N(Cc1ccc(F)cc1)C(=O)CSCc1ccc(F)cc1. The van der Waals surface area contributed by atoms with Crippen LogP contribution >= 0.6 is 11.8 Å². The molecule has 4 nitrogen and oxygen atoms in total. The molecule has 7 heteroatoms. The zero-order valence-electron chi connectivity index (χ0n) is 21.5. The molecule has 1 unspecified atom stereocenters. The van der Waals surface area contributed by atoms with E-state index in [0.717, 1.165) is 42.4 Å². The molecule has 38 heavy (non-hydrogen) atoms. The zero-order valence-corrected chi connectivity index (χ0v) is 22.3. The smallest absolute Gasteiger partial charge is 0.243 e. The van der Waals surface area contributed by atoms with Gasteiger partial charge in [-0.15, -0.1) is 11.8 Å². The Kier molecular flexibility index (Phi) is 10.3. The van der Waals surface area contributed by atoms with Crippen LogP contribution in [0, 0.1) is 11.6 Å². The van der Waals surface area contributed by atoms with Gasteiger partial charge in [0.1, 0.15) is 17.7 Å². The van der Waals surface area contributed by atoms with E-state index in [1.54, 1.807) is 29.2 Å². The van der Waals surface area contributed by atoms with Gasteiger partial charge in [-0.3, -0.25) is 9.59 Å². The van der Waals surface area contributed by atoms with Gasteiger partial charge in [0.25, 0.3) is 0 Å². The fourth-order valence-corrected chi connectivity index (χ4v) is 5.68. The minimum atomic E-state index is -0.705. The lowest BCUT2D eigenvalue weighted by molar-refractivity contribution is -0.139. The van der Waals surface area contributed by atoms with Crippen molar-refractivity contribution >= 4 is 23.6 Å². The van der Waals surface area contributed by atoms with Gasteiger partial charge in [0.15, 0.2) is 0 Å². The molecular weight excluding hydrogens is 502 g/mol. The number of benzene rings is 3. The maximum atomic E-state index is 13.7. The molecule has 0 bridgehead atoms. The molecule has 0 spiro atoms. The van der Waals surface area contributed by atoms with Gasteiger partial charge in [0, 0.05) is 24.8 Å². The van der Waals surface area contributed by atoms with Gasteiger partial charge in [-0.05, 0) is 53.8 Å². The van der Waals surface area contributed by atoms with Crippen molar-refractivity contribution in [2.45, 2.75) is 62.9 Å². The second-order valence-electron chi connectivity index (χ2n) is 9.82. The van der Waals surface area contributed by atoms with E-state index >= 15 is 0 Å². The van der Waals surface area contributed by atoms with Crippen molar-refractivity contribution in [1.29, 1.82) is 0 Å². The molecule has 0 heterocycles. The monoisotopic (exact) mass is 536 g/mol. The summed E-state index contributed by atoms with van der Waals surface area (Å²) in [4.78, 5) is 29.0. The van der Waals surface area contributed by atoms with E-state index in [1.165, 1.54) is 42.4 Å². The number of hydrogen-bond donors (Lipinski definition) is 1. The summed E-state index contributed by atoms with van der Waals surface area (Å²) in [5.74, 6) is -0.250. The number of nitrogens with zero attached hydrogens (tertiary/aromatic N) is 1. The van der Waals surface area contributed by atoms with Crippen molar-refractivity contribution in [1.82, 2.24) is 10.2 Å². The third-order valence-electron chi connectivity index (χ3n) is 6.90. The summed E-state index contributed by atoms with van der Waals surface area (Å²) in [5, 5.41) is 3.22. The Bertz CT molecular complexity index is 1170. The fourth-order valence-electron chi connectivity index (χ4n) is 4.80. The highest BCUT2D eigenvalue weighted by atomic mass is 32.2. The molecule has 3 aromatic carbocycles. The van der Waals surface area contributed by atoms with Crippen LogP contribution in [0.5, 0.6) is 0 Å². The Labute approximate surface area is 227 Å². The molecule has 1 N–H and O–H groups in total. The zero-order chi connectivity index (χ0) is 26.7. The molecule has 0 radical (unpaired) electrons. The summed E-state index contributed by atoms with van der Waals surface area (Å²) in [6.07, 6.45) is 5.64. The number of halogens is 2. The highest BCUT2D eigenvalue weighted by Crippen LogP contribution is 2.21. The topological polar surface area (TPSA) is 49.4 Å². The van der Waals surface area contributed by atoms with E-state index in [4.69, 9.17) is 0 Å². The van der Waals surface area contributed by atoms with E-state index in [0.29, 0.717) is 12.2 Å². The summed E-state index contributed by atoms with van der Waals surface area (Å²) in [6, 6.07) is 21.4. The molecule has 4 rings (SSSR count). The first-order valence-corrected chi connectivity index (χ1v) is 14.3. The average molecular weight is 537 g/mol. The van der Waals surface area contributed by atoms with Crippen molar-refractivity contribution in [3.05, 3.63) is 107 Å². The number of carbonyl (C=O) groups excluding carboxylic acids is 2. The first-order valence-electron chi connectivity index (χ1n) is 13.2. The molecule has 1 fully saturated rings. The Morgan fingerprint density at radius 3 is 2.05 bits per heavy atom. The van der Waals surface area contributed by atoms with Gasteiger partial charge in [-0.25, -0.2) is 8.78 Å². The number of hydrogen-bond acceptors (Lipinski definition) is 3. The molecule has 0 aromatic heterocycles. The van der Waals surface area contributed by atoms with Crippen molar-refractivity contribution in [3.63, 3.8) is 0 Å². The van der Waals surface area contributed by atoms with Crippen molar-refractivity contribution in [2.24, 2.45) is 0 Å². The number of rotatable bonds is 11. The molecule has 3 aromatic rings. The fraction of sp³-hybridized carbons (Fsp3) is 0.355. The Balaban J connectivity index is 1.55. The predicted molar refractivity (Wildman–Crippen MR) is 148 cm³/mol. The first kappa shape index (κ1) is 27.8. The molecule has 2 amide bonds. The molecule has 0 saturated heterocycles. The quantitative estimate of drug-likeness (QED) is 0.314. The minimum Gasteiger partial charge on any atom is -0.352 e. The van der Waals surface area contributed by atoms with E-state index < -0.39 is 6.04 Å². The van der Waals surface area contributed by atoms with Crippen LogP contribution in [0.1, 0.15) is 48.8 Å². The van der Waals surface area contributed by atoms with Gasteiger partial charge in [-0.1, -0.05) is 73.9 Å². The van der Waals surface area contributed by atoms with Crippen LogP contribution in [-0.4, -0.2) is 34.6 Å². The maximum absolute atomic E-state index is 13.7. The van der Waals surface area contributed by atoms with Gasteiger partial charge in [-0.2, -0.15) is 0 Å². The molecule has 0 aliphatic heterocycles. The molecule has 1 aliphatic rings. The summed E-state index contributed by atoms with van der Waals surface area (Å²) in [7, 11) is 0. The van der Waals surface area contributed by atoms with Crippen LogP contribution < -0.4 is 5.32 Å². The minimum absolute atomic E-state index is 0.116. The predicted octanol–water partition coefficient (Wildman–Crippen LogP) is 6.29. The van der Waals surface area contributed by atoms with Gasteiger partial charge < -0.3 is 10.2 Å². The Morgan fingerprint density at radius 1 is 0.816 bits per heavy atom. The summed E-state index contributed by atoms with van der Waals surface area (Å²) >= 11 is 1.43. The van der Waals surface area contributed by atoms with Crippen molar-refractivity contribution < 1.29 is 18.4 Å². The van der Waals surface area contributed by atoms with Crippen LogP contribution in [-0.2, 0) is 28.3 Å². The van der Waals surface area contributed by atoms with Crippen LogP contribution in [0.3, 0.4) is 0 Å². The largest absolute Gasteiger partial charge is 0.352 e. The van der Waals surface area contributed by atoms with Crippen molar-refractivity contribution in [3.8, 4) is 0 Å². The number of nitrogens with one attached hydrogen (secondary N) is 1. The molecule has 1 saturated carbocycles.